The van der Waals surface area contributed by atoms with Gasteiger partial charge in [-0.15, -0.1) is 0 Å². The van der Waals surface area contributed by atoms with Gasteiger partial charge in [0.15, 0.2) is 0 Å². The van der Waals surface area contributed by atoms with E-state index in [2.05, 4.69) is 24.5 Å². The van der Waals surface area contributed by atoms with Crippen molar-refractivity contribution >= 4 is 23.6 Å². The van der Waals surface area contributed by atoms with E-state index in [0.29, 0.717) is 29.3 Å². The highest BCUT2D eigenvalue weighted by atomic mass is 16.6. The summed E-state index contributed by atoms with van der Waals surface area (Å²) < 4.78 is 10.5. The van der Waals surface area contributed by atoms with Gasteiger partial charge in [-0.05, 0) is 95.3 Å². The van der Waals surface area contributed by atoms with E-state index in [1.807, 2.05) is 6.92 Å². The van der Waals surface area contributed by atoms with E-state index < -0.39 is 35.6 Å². The maximum atomic E-state index is 14.0. The molecule has 2 aromatic carbocycles. The second kappa shape index (κ2) is 13.9. The fourth-order valence-electron chi connectivity index (χ4n) is 4.06. The summed E-state index contributed by atoms with van der Waals surface area (Å²) in [5, 5.41) is 15.4. The lowest BCUT2D eigenvalue weighted by Gasteiger charge is -2.38. The molecule has 9 heteroatoms. The van der Waals surface area contributed by atoms with Crippen LogP contribution in [0.5, 0.6) is 11.5 Å². The second-order valence-electron chi connectivity index (χ2n) is 11.1. The topological polar surface area (TPSA) is 117 Å². The van der Waals surface area contributed by atoms with Crippen LogP contribution in [0.2, 0.25) is 0 Å². The molecule has 0 aliphatic carbocycles. The Labute approximate surface area is 231 Å². The maximum absolute atomic E-state index is 14.0. The molecule has 3 amide bonds. The molecule has 0 saturated carbocycles. The normalized spacial score (nSPS) is 13.7. The van der Waals surface area contributed by atoms with Gasteiger partial charge in [-0.2, -0.15) is 0 Å². The monoisotopic (exact) mass is 541 g/mol. The lowest BCUT2D eigenvalue weighted by atomic mass is 9.97. The lowest BCUT2D eigenvalue weighted by Crippen LogP contribution is -2.54. The highest BCUT2D eigenvalue weighted by Gasteiger charge is 2.37. The summed E-state index contributed by atoms with van der Waals surface area (Å²) in [4.78, 5) is 41.8. The fourth-order valence-corrected chi connectivity index (χ4v) is 4.06. The number of hydrogen-bond acceptors (Lipinski definition) is 6. The Balaban J connectivity index is 2.49. The van der Waals surface area contributed by atoms with Crippen molar-refractivity contribution in [2.24, 2.45) is 5.92 Å². The fraction of sp³-hybridized carbons (Fsp3) is 0.500. The molecular weight excluding hydrogens is 498 g/mol. The number of anilines is 1. The lowest BCUT2D eigenvalue weighted by molar-refractivity contribution is -0.143. The van der Waals surface area contributed by atoms with Crippen LogP contribution in [-0.4, -0.2) is 52.7 Å². The van der Waals surface area contributed by atoms with Crippen LogP contribution in [0.1, 0.15) is 72.9 Å². The summed E-state index contributed by atoms with van der Waals surface area (Å²) in [5.41, 5.74) is 0.323. The third kappa shape index (κ3) is 9.81. The van der Waals surface area contributed by atoms with Gasteiger partial charge < -0.3 is 30.1 Å². The number of aromatic hydroxyl groups is 1. The first-order valence-electron chi connectivity index (χ1n) is 13.3. The third-order valence-electron chi connectivity index (χ3n) is 6.09. The first kappa shape index (κ1) is 31.5. The van der Waals surface area contributed by atoms with Gasteiger partial charge in [0.05, 0.1) is 7.11 Å². The van der Waals surface area contributed by atoms with Gasteiger partial charge in [-0.3, -0.25) is 9.59 Å². The number of carbonyl (C=O) groups is 3. The number of nitrogens with zero attached hydrogens (tertiary/aromatic N) is 1. The Bertz CT molecular complexity index is 1090. The highest BCUT2D eigenvalue weighted by Crippen LogP contribution is 2.30. The largest absolute Gasteiger partial charge is 0.508 e. The molecule has 0 aromatic heterocycles. The first-order valence-corrected chi connectivity index (χ1v) is 13.3. The zero-order chi connectivity index (χ0) is 29.3. The Morgan fingerprint density at radius 1 is 0.923 bits per heavy atom. The minimum Gasteiger partial charge on any atom is -0.508 e. The zero-order valence-electron chi connectivity index (χ0n) is 24.3. The highest BCUT2D eigenvalue weighted by molar-refractivity contribution is 5.99. The number of phenolic OH excluding ortho intramolecular Hbond substituents is 1. The average Bonchev–Trinajstić information content (AvgIpc) is 2.85. The first-order chi connectivity index (χ1) is 18.2. The molecule has 39 heavy (non-hydrogen) atoms. The molecule has 0 aliphatic heterocycles. The Hall–Kier alpha value is -3.75. The molecule has 9 nitrogen and oxygen atoms in total. The molecule has 0 bridgehead atoms. The van der Waals surface area contributed by atoms with Gasteiger partial charge in [0.1, 0.15) is 29.2 Å². The number of carbonyl (C=O) groups excluding carboxylic acids is 3. The van der Waals surface area contributed by atoms with Gasteiger partial charge in [0.2, 0.25) is 5.91 Å². The van der Waals surface area contributed by atoms with Crippen LogP contribution in [0, 0.1) is 5.92 Å². The van der Waals surface area contributed by atoms with Crippen molar-refractivity contribution in [2.75, 3.05) is 12.4 Å². The van der Waals surface area contributed by atoms with Crippen molar-refractivity contribution in [3.63, 3.8) is 0 Å². The Morgan fingerprint density at radius 3 is 2.03 bits per heavy atom. The maximum Gasteiger partial charge on any atom is 0.408 e. The number of ether oxygens (including phenoxy) is 2. The van der Waals surface area contributed by atoms with Gasteiger partial charge in [0.25, 0.3) is 5.91 Å². The molecule has 2 aromatic rings. The van der Waals surface area contributed by atoms with Crippen molar-refractivity contribution in [2.45, 2.75) is 85.0 Å². The molecule has 3 atom stereocenters. The standard InChI is InChI=1S/C30H43N3O6/c1-19(2)9-10-20(3)33(28(36)21(4)31-29(37)39-30(5,6)7)26(22-11-15-24(34)16-12-22)27(35)32-23-13-17-25(38-8)18-14-23/h11-21,26,34H,9-10H2,1-8H3,(H,31,37)(H,32,35). The second-order valence-corrected chi connectivity index (χ2v) is 11.1. The number of methoxy groups -OCH3 is 1. The molecule has 3 N–H and O–H groups in total. The van der Waals surface area contributed by atoms with Crippen LogP contribution >= 0.6 is 0 Å². The van der Waals surface area contributed by atoms with Crippen molar-refractivity contribution in [3.8, 4) is 11.5 Å². The molecule has 0 aliphatic rings. The predicted molar refractivity (Wildman–Crippen MR) is 152 cm³/mol. The number of alkyl carbamates (subject to hydrolysis) is 1. The van der Waals surface area contributed by atoms with Crippen LogP contribution in [0.4, 0.5) is 10.5 Å². The third-order valence-corrected chi connectivity index (χ3v) is 6.09. The van der Waals surface area contributed by atoms with Crippen molar-refractivity contribution in [1.29, 1.82) is 0 Å². The number of rotatable bonds is 11. The van der Waals surface area contributed by atoms with Crippen molar-refractivity contribution in [1.82, 2.24) is 10.2 Å². The van der Waals surface area contributed by atoms with E-state index >= 15 is 0 Å². The van der Waals surface area contributed by atoms with Crippen molar-refractivity contribution in [3.05, 3.63) is 54.1 Å². The molecule has 0 radical (unpaired) electrons. The zero-order valence-corrected chi connectivity index (χ0v) is 24.3. The molecule has 0 saturated heterocycles. The summed E-state index contributed by atoms with van der Waals surface area (Å²) in [6.45, 7) is 12.9. The van der Waals surface area contributed by atoms with E-state index in [1.165, 1.54) is 17.0 Å². The minimum absolute atomic E-state index is 0.0405. The van der Waals surface area contributed by atoms with Crippen LogP contribution in [0.25, 0.3) is 0 Å². The summed E-state index contributed by atoms with van der Waals surface area (Å²) in [5.74, 6) is 0.213. The van der Waals surface area contributed by atoms with Gasteiger partial charge in [-0.25, -0.2) is 4.79 Å². The summed E-state index contributed by atoms with van der Waals surface area (Å²) in [7, 11) is 1.56. The number of nitrogens with one attached hydrogen (secondary N) is 2. The Morgan fingerprint density at radius 2 is 1.51 bits per heavy atom. The summed E-state index contributed by atoms with van der Waals surface area (Å²) in [6.07, 6.45) is 0.760. The number of hydrogen-bond donors (Lipinski definition) is 3. The smallest absolute Gasteiger partial charge is 0.408 e. The molecule has 0 heterocycles. The van der Waals surface area contributed by atoms with E-state index in [0.717, 1.165) is 6.42 Å². The van der Waals surface area contributed by atoms with E-state index in [4.69, 9.17) is 9.47 Å². The molecule has 0 spiro atoms. The number of benzene rings is 2. The molecule has 0 fully saturated rings. The van der Waals surface area contributed by atoms with Crippen LogP contribution in [-0.2, 0) is 14.3 Å². The SMILES string of the molecule is COc1ccc(NC(=O)C(c2ccc(O)cc2)N(C(=O)C(C)NC(=O)OC(C)(C)C)C(C)CCC(C)C)cc1. The average molecular weight is 542 g/mol. The van der Waals surface area contributed by atoms with E-state index in [9.17, 15) is 19.5 Å². The molecular formula is C30H43N3O6. The summed E-state index contributed by atoms with van der Waals surface area (Å²) in [6, 6.07) is 10.7. The predicted octanol–water partition coefficient (Wildman–Crippen LogP) is 5.65. The van der Waals surface area contributed by atoms with Gasteiger partial charge >= 0.3 is 6.09 Å². The number of amides is 3. The van der Waals surface area contributed by atoms with Crippen LogP contribution in [0.3, 0.4) is 0 Å². The quantitative estimate of drug-likeness (QED) is 0.339. The molecule has 2 rings (SSSR count). The Kier molecular flexibility index (Phi) is 11.2. The summed E-state index contributed by atoms with van der Waals surface area (Å²) >= 11 is 0. The van der Waals surface area contributed by atoms with Crippen LogP contribution < -0.4 is 15.4 Å². The minimum atomic E-state index is -1.04. The van der Waals surface area contributed by atoms with Gasteiger partial charge in [0, 0.05) is 11.7 Å². The molecule has 214 valence electrons. The van der Waals surface area contributed by atoms with Crippen molar-refractivity contribution < 1.29 is 29.0 Å². The van der Waals surface area contributed by atoms with Gasteiger partial charge in [-0.1, -0.05) is 26.0 Å². The number of phenols is 1. The molecule has 3 unspecified atom stereocenters. The van der Waals surface area contributed by atoms with E-state index in [1.54, 1.807) is 71.2 Å². The van der Waals surface area contributed by atoms with E-state index in [-0.39, 0.29) is 11.8 Å². The van der Waals surface area contributed by atoms with Crippen LogP contribution in [0.15, 0.2) is 48.5 Å².